The lowest BCUT2D eigenvalue weighted by Crippen LogP contribution is -2.02. The minimum atomic E-state index is 0.833. The first-order valence-corrected chi connectivity index (χ1v) is 6.20. The summed E-state index contributed by atoms with van der Waals surface area (Å²) in [4.78, 5) is 4.46. The number of nitrogens with zero attached hydrogens (tertiary/aromatic N) is 2. The molecule has 1 aromatic carbocycles. The van der Waals surface area contributed by atoms with Gasteiger partial charge in [0.15, 0.2) is 0 Å². The smallest absolute Gasteiger partial charge is 0.0651 e. The van der Waals surface area contributed by atoms with Crippen molar-refractivity contribution in [3.05, 3.63) is 65.6 Å². The third-order valence-electron chi connectivity index (χ3n) is 3.47. The van der Waals surface area contributed by atoms with E-state index in [9.17, 15) is 0 Å². The van der Waals surface area contributed by atoms with Gasteiger partial charge in [-0.05, 0) is 43.2 Å². The van der Waals surface area contributed by atoms with Crippen LogP contribution < -0.4 is 0 Å². The lowest BCUT2D eigenvalue weighted by atomic mass is 10.1. The molecule has 3 rings (SSSR count). The SMILES string of the molecule is Cc1cccnc1Cn1ccc2c(C)cccc21. The third-order valence-corrected chi connectivity index (χ3v) is 3.47. The molecule has 0 saturated carbocycles. The van der Waals surface area contributed by atoms with E-state index in [1.807, 2.05) is 12.3 Å². The van der Waals surface area contributed by atoms with E-state index in [2.05, 4.69) is 59.9 Å². The minimum Gasteiger partial charge on any atom is -0.341 e. The monoisotopic (exact) mass is 236 g/mol. The lowest BCUT2D eigenvalue weighted by Gasteiger charge is -2.07. The summed E-state index contributed by atoms with van der Waals surface area (Å²) in [5.41, 5.74) is 4.98. The highest BCUT2D eigenvalue weighted by Crippen LogP contribution is 2.20. The fourth-order valence-corrected chi connectivity index (χ4v) is 2.36. The fourth-order valence-electron chi connectivity index (χ4n) is 2.36. The van der Waals surface area contributed by atoms with Crippen LogP contribution in [0.2, 0.25) is 0 Å². The van der Waals surface area contributed by atoms with Crippen LogP contribution in [0.3, 0.4) is 0 Å². The van der Waals surface area contributed by atoms with Crippen molar-refractivity contribution in [2.45, 2.75) is 20.4 Å². The molecule has 0 N–H and O–H groups in total. The molecule has 0 bridgehead atoms. The van der Waals surface area contributed by atoms with Crippen LogP contribution in [0, 0.1) is 13.8 Å². The van der Waals surface area contributed by atoms with Gasteiger partial charge in [-0.25, -0.2) is 0 Å². The maximum atomic E-state index is 4.46. The average Bonchev–Trinajstić information content (AvgIpc) is 2.77. The second-order valence-electron chi connectivity index (χ2n) is 4.72. The number of hydrogen-bond acceptors (Lipinski definition) is 1. The second-order valence-corrected chi connectivity index (χ2v) is 4.72. The number of hydrogen-bond donors (Lipinski definition) is 0. The normalized spacial score (nSPS) is 11.0. The molecule has 2 heteroatoms. The van der Waals surface area contributed by atoms with Crippen molar-refractivity contribution in [1.29, 1.82) is 0 Å². The number of aromatic nitrogens is 2. The Morgan fingerprint density at radius 2 is 1.83 bits per heavy atom. The van der Waals surface area contributed by atoms with Crippen LogP contribution in [0.25, 0.3) is 10.9 Å². The summed E-state index contributed by atoms with van der Waals surface area (Å²) >= 11 is 0. The summed E-state index contributed by atoms with van der Waals surface area (Å²) in [6.07, 6.45) is 4.01. The number of fused-ring (bicyclic) bond motifs is 1. The molecular weight excluding hydrogens is 220 g/mol. The van der Waals surface area contributed by atoms with Gasteiger partial charge in [0.05, 0.1) is 12.2 Å². The maximum Gasteiger partial charge on any atom is 0.0651 e. The van der Waals surface area contributed by atoms with Crippen LogP contribution in [0.5, 0.6) is 0 Å². The Kier molecular flexibility index (Phi) is 2.63. The molecule has 90 valence electrons. The Balaban J connectivity index is 2.06. The quantitative estimate of drug-likeness (QED) is 0.663. The largest absolute Gasteiger partial charge is 0.341 e. The van der Waals surface area contributed by atoms with Gasteiger partial charge in [0, 0.05) is 23.3 Å². The van der Waals surface area contributed by atoms with E-state index in [1.165, 1.54) is 22.0 Å². The molecule has 3 aromatic rings. The van der Waals surface area contributed by atoms with E-state index in [1.54, 1.807) is 0 Å². The number of rotatable bonds is 2. The summed E-state index contributed by atoms with van der Waals surface area (Å²) in [6, 6.07) is 12.7. The van der Waals surface area contributed by atoms with Gasteiger partial charge in [-0.15, -0.1) is 0 Å². The van der Waals surface area contributed by atoms with Crippen molar-refractivity contribution >= 4 is 10.9 Å². The van der Waals surface area contributed by atoms with Gasteiger partial charge in [0.1, 0.15) is 0 Å². The first-order chi connectivity index (χ1) is 8.75. The van der Waals surface area contributed by atoms with Gasteiger partial charge < -0.3 is 4.57 Å². The molecule has 0 radical (unpaired) electrons. The molecule has 0 aliphatic rings. The number of pyridine rings is 1. The molecule has 0 saturated heterocycles. The Morgan fingerprint density at radius 1 is 1.00 bits per heavy atom. The Labute approximate surface area is 107 Å². The highest BCUT2D eigenvalue weighted by molar-refractivity contribution is 5.83. The topological polar surface area (TPSA) is 17.8 Å². The molecule has 0 unspecified atom stereocenters. The zero-order valence-corrected chi connectivity index (χ0v) is 10.7. The van der Waals surface area contributed by atoms with Crippen LogP contribution in [-0.4, -0.2) is 9.55 Å². The minimum absolute atomic E-state index is 0.833. The van der Waals surface area contributed by atoms with Crippen molar-refractivity contribution in [3.8, 4) is 0 Å². The predicted octanol–water partition coefficient (Wildman–Crippen LogP) is 3.70. The highest BCUT2D eigenvalue weighted by atomic mass is 15.0. The molecule has 2 aromatic heterocycles. The van der Waals surface area contributed by atoms with Crippen LogP contribution in [-0.2, 0) is 6.54 Å². The van der Waals surface area contributed by atoms with Gasteiger partial charge in [-0.3, -0.25) is 4.98 Å². The molecule has 2 nitrogen and oxygen atoms in total. The van der Waals surface area contributed by atoms with Crippen LogP contribution in [0.1, 0.15) is 16.8 Å². The first kappa shape index (κ1) is 11.0. The summed E-state index contributed by atoms with van der Waals surface area (Å²) in [5.74, 6) is 0. The Morgan fingerprint density at radius 3 is 2.67 bits per heavy atom. The van der Waals surface area contributed by atoms with Crippen molar-refractivity contribution in [3.63, 3.8) is 0 Å². The zero-order valence-electron chi connectivity index (χ0n) is 10.7. The van der Waals surface area contributed by atoms with E-state index in [4.69, 9.17) is 0 Å². The molecule has 18 heavy (non-hydrogen) atoms. The third kappa shape index (κ3) is 1.80. The first-order valence-electron chi connectivity index (χ1n) is 6.20. The standard InChI is InChI=1S/C16H16N2/c1-12-5-3-7-16-14(12)8-10-18(16)11-15-13(2)6-4-9-17-15/h3-10H,11H2,1-2H3. The Hall–Kier alpha value is -2.09. The van der Waals surface area contributed by atoms with Crippen LogP contribution in [0.4, 0.5) is 0 Å². The van der Waals surface area contributed by atoms with Gasteiger partial charge in [-0.1, -0.05) is 18.2 Å². The number of aryl methyl sites for hydroxylation is 2. The molecule has 0 amide bonds. The van der Waals surface area contributed by atoms with Crippen molar-refractivity contribution < 1.29 is 0 Å². The lowest BCUT2D eigenvalue weighted by molar-refractivity contribution is 0.799. The summed E-state index contributed by atoms with van der Waals surface area (Å²) in [7, 11) is 0. The predicted molar refractivity (Wildman–Crippen MR) is 74.8 cm³/mol. The van der Waals surface area contributed by atoms with Gasteiger partial charge >= 0.3 is 0 Å². The molecule has 2 heterocycles. The zero-order chi connectivity index (χ0) is 12.5. The molecular formula is C16H16N2. The van der Waals surface area contributed by atoms with Crippen LogP contribution in [0.15, 0.2) is 48.8 Å². The Bertz CT molecular complexity index is 695. The van der Waals surface area contributed by atoms with Crippen LogP contribution >= 0.6 is 0 Å². The fraction of sp³-hybridized carbons (Fsp3) is 0.188. The molecule has 0 fully saturated rings. The van der Waals surface area contributed by atoms with E-state index in [0.717, 1.165) is 12.2 Å². The summed E-state index contributed by atoms with van der Waals surface area (Å²) < 4.78 is 2.26. The average molecular weight is 236 g/mol. The van der Waals surface area contributed by atoms with E-state index >= 15 is 0 Å². The summed E-state index contributed by atoms with van der Waals surface area (Å²) in [6.45, 7) is 5.09. The van der Waals surface area contributed by atoms with Crippen molar-refractivity contribution in [2.24, 2.45) is 0 Å². The molecule has 0 spiro atoms. The maximum absolute atomic E-state index is 4.46. The van der Waals surface area contributed by atoms with Gasteiger partial charge in [0.25, 0.3) is 0 Å². The van der Waals surface area contributed by atoms with Crippen molar-refractivity contribution in [1.82, 2.24) is 9.55 Å². The van der Waals surface area contributed by atoms with Gasteiger partial charge in [0.2, 0.25) is 0 Å². The highest BCUT2D eigenvalue weighted by Gasteiger charge is 2.05. The van der Waals surface area contributed by atoms with E-state index < -0.39 is 0 Å². The summed E-state index contributed by atoms with van der Waals surface area (Å²) in [5, 5.41) is 1.33. The second kappa shape index (κ2) is 4.30. The molecule has 0 atom stereocenters. The number of benzene rings is 1. The van der Waals surface area contributed by atoms with Crippen molar-refractivity contribution in [2.75, 3.05) is 0 Å². The molecule has 0 aliphatic carbocycles. The van der Waals surface area contributed by atoms with Gasteiger partial charge in [-0.2, -0.15) is 0 Å². The van der Waals surface area contributed by atoms with E-state index in [0.29, 0.717) is 0 Å². The van der Waals surface area contributed by atoms with E-state index in [-0.39, 0.29) is 0 Å². The molecule has 0 aliphatic heterocycles.